The molecular formula is C26H40O3. The van der Waals surface area contributed by atoms with Crippen LogP contribution in [0.25, 0.3) is 0 Å². The Kier molecular flexibility index (Phi) is 5.74. The molecule has 0 spiro atoms. The van der Waals surface area contributed by atoms with Crippen LogP contribution in [0.4, 0.5) is 0 Å². The van der Waals surface area contributed by atoms with Gasteiger partial charge in [-0.2, -0.15) is 0 Å². The van der Waals surface area contributed by atoms with Gasteiger partial charge in [-0.1, -0.05) is 37.1 Å². The highest BCUT2D eigenvalue weighted by Crippen LogP contribution is 2.67. The molecule has 0 aliphatic heterocycles. The number of carbonyl (C=O) groups is 1. The quantitative estimate of drug-likeness (QED) is 0.431. The van der Waals surface area contributed by atoms with Crippen LogP contribution in [0, 0.1) is 34.5 Å². The molecule has 0 heterocycles. The van der Waals surface area contributed by atoms with Crippen molar-refractivity contribution in [3.8, 4) is 0 Å². The van der Waals surface area contributed by atoms with Crippen LogP contribution < -0.4 is 0 Å². The van der Waals surface area contributed by atoms with Crippen molar-refractivity contribution in [1.29, 1.82) is 0 Å². The standard InChI is InChI=1S/C26H40O3/c1-17(6-4-5-7-24(28)29)21-10-11-22-20-9-8-18-16-19(27)12-14-25(18,2)23(20)13-15-26(21,22)3/h6,8,19-23,27H,4-5,7,9-16H2,1-3H3,(H,28,29)/b17-6+/t19-,20-,21+,22-,23-,25-,26+/m0/s1. The number of fused-ring (bicyclic) bond motifs is 5. The smallest absolute Gasteiger partial charge is 0.303 e. The highest BCUT2D eigenvalue weighted by molar-refractivity contribution is 5.66. The fourth-order valence-electron chi connectivity index (χ4n) is 8.11. The minimum absolute atomic E-state index is 0.121. The molecule has 3 nitrogen and oxygen atoms in total. The molecule has 2 N–H and O–H groups in total. The SMILES string of the molecule is C/C(=C\CCCC(=O)O)[C@H]1CC[C@H]2[C@@H]3CC=C4C[C@@H](O)CC[C@]4(C)[C@H]3CC[C@]12C. The maximum absolute atomic E-state index is 10.8. The van der Waals surface area contributed by atoms with Gasteiger partial charge in [0.2, 0.25) is 0 Å². The van der Waals surface area contributed by atoms with E-state index in [0.717, 1.165) is 49.9 Å². The molecule has 0 saturated heterocycles. The number of carboxylic acid groups (broad SMARTS) is 1. The summed E-state index contributed by atoms with van der Waals surface area (Å²) in [6, 6.07) is 0. The van der Waals surface area contributed by atoms with Crippen molar-refractivity contribution in [3.63, 3.8) is 0 Å². The van der Waals surface area contributed by atoms with Crippen LogP contribution in [-0.4, -0.2) is 22.3 Å². The predicted molar refractivity (Wildman–Crippen MR) is 116 cm³/mol. The van der Waals surface area contributed by atoms with E-state index in [-0.39, 0.29) is 12.5 Å². The summed E-state index contributed by atoms with van der Waals surface area (Å²) >= 11 is 0. The van der Waals surface area contributed by atoms with Gasteiger partial charge in [0.05, 0.1) is 6.10 Å². The lowest BCUT2D eigenvalue weighted by Crippen LogP contribution is -2.50. The van der Waals surface area contributed by atoms with Crippen LogP contribution in [0.5, 0.6) is 0 Å². The number of hydrogen-bond donors (Lipinski definition) is 2. The van der Waals surface area contributed by atoms with E-state index in [4.69, 9.17) is 5.11 Å². The van der Waals surface area contributed by atoms with Gasteiger partial charge in [-0.25, -0.2) is 0 Å². The van der Waals surface area contributed by atoms with Gasteiger partial charge in [0.15, 0.2) is 0 Å². The van der Waals surface area contributed by atoms with Crippen LogP contribution in [0.3, 0.4) is 0 Å². The van der Waals surface area contributed by atoms with Crippen LogP contribution in [0.1, 0.15) is 91.4 Å². The fourth-order valence-corrected chi connectivity index (χ4v) is 8.11. The number of aliphatic hydroxyl groups excluding tert-OH is 1. The topological polar surface area (TPSA) is 57.5 Å². The average molecular weight is 401 g/mol. The van der Waals surface area contributed by atoms with Gasteiger partial charge in [-0.05, 0) is 106 Å². The average Bonchev–Trinajstić information content (AvgIpc) is 3.03. The monoisotopic (exact) mass is 400 g/mol. The molecule has 4 aliphatic carbocycles. The van der Waals surface area contributed by atoms with Crippen molar-refractivity contribution < 1.29 is 15.0 Å². The molecular weight excluding hydrogens is 360 g/mol. The van der Waals surface area contributed by atoms with Gasteiger partial charge in [0, 0.05) is 6.42 Å². The molecule has 29 heavy (non-hydrogen) atoms. The van der Waals surface area contributed by atoms with Crippen molar-refractivity contribution in [2.24, 2.45) is 34.5 Å². The van der Waals surface area contributed by atoms with Crippen LogP contribution in [0.2, 0.25) is 0 Å². The second-order valence-corrected chi connectivity index (χ2v) is 11.1. The predicted octanol–water partition coefficient (Wildman–Crippen LogP) is 6.13. The summed E-state index contributed by atoms with van der Waals surface area (Å²) in [4.78, 5) is 10.8. The third-order valence-electron chi connectivity index (χ3n) is 9.69. The van der Waals surface area contributed by atoms with Crippen molar-refractivity contribution in [2.45, 2.75) is 97.5 Å². The van der Waals surface area contributed by atoms with E-state index in [9.17, 15) is 9.90 Å². The maximum atomic E-state index is 10.8. The van der Waals surface area contributed by atoms with E-state index >= 15 is 0 Å². The Morgan fingerprint density at radius 3 is 2.72 bits per heavy atom. The number of aliphatic carboxylic acids is 1. The number of rotatable bonds is 5. The molecule has 7 atom stereocenters. The van der Waals surface area contributed by atoms with E-state index in [1.807, 2.05) is 0 Å². The highest BCUT2D eigenvalue weighted by atomic mass is 16.4. The summed E-state index contributed by atoms with van der Waals surface area (Å²) in [6.07, 6.45) is 16.3. The molecule has 3 fully saturated rings. The lowest BCUT2D eigenvalue weighted by atomic mass is 9.47. The Labute approximate surface area is 176 Å². The minimum Gasteiger partial charge on any atom is -0.481 e. The van der Waals surface area contributed by atoms with Crippen molar-refractivity contribution in [3.05, 3.63) is 23.3 Å². The van der Waals surface area contributed by atoms with E-state index in [2.05, 4.69) is 32.9 Å². The zero-order valence-electron chi connectivity index (χ0n) is 18.6. The van der Waals surface area contributed by atoms with E-state index in [0.29, 0.717) is 16.7 Å². The van der Waals surface area contributed by atoms with Gasteiger partial charge in [-0.3, -0.25) is 4.79 Å². The summed E-state index contributed by atoms with van der Waals surface area (Å²) < 4.78 is 0. The maximum Gasteiger partial charge on any atom is 0.303 e. The molecule has 0 radical (unpaired) electrons. The first-order valence-corrected chi connectivity index (χ1v) is 12.0. The molecule has 4 aliphatic rings. The molecule has 3 saturated carbocycles. The molecule has 0 amide bonds. The highest BCUT2D eigenvalue weighted by Gasteiger charge is 2.58. The van der Waals surface area contributed by atoms with Gasteiger partial charge in [0.1, 0.15) is 0 Å². The number of unbranched alkanes of at least 4 members (excludes halogenated alkanes) is 1. The first-order valence-electron chi connectivity index (χ1n) is 12.0. The molecule has 0 bridgehead atoms. The molecule has 4 rings (SSSR count). The number of carboxylic acids is 1. The van der Waals surface area contributed by atoms with Gasteiger partial charge < -0.3 is 10.2 Å². The number of aliphatic hydroxyl groups is 1. The summed E-state index contributed by atoms with van der Waals surface area (Å²) in [5.74, 6) is 2.41. The zero-order chi connectivity index (χ0) is 20.8. The second kappa shape index (κ2) is 7.87. The van der Waals surface area contributed by atoms with Crippen molar-refractivity contribution in [1.82, 2.24) is 0 Å². The van der Waals surface area contributed by atoms with Crippen LogP contribution in [-0.2, 0) is 4.79 Å². The van der Waals surface area contributed by atoms with Crippen molar-refractivity contribution >= 4 is 5.97 Å². The summed E-state index contributed by atoms with van der Waals surface area (Å²) in [5.41, 5.74) is 3.80. The first-order chi connectivity index (χ1) is 13.8. The Bertz CT molecular complexity index is 707. The van der Waals surface area contributed by atoms with Crippen molar-refractivity contribution in [2.75, 3.05) is 0 Å². The summed E-state index contributed by atoms with van der Waals surface area (Å²) in [5, 5.41) is 19.1. The minimum atomic E-state index is -0.685. The number of hydrogen-bond acceptors (Lipinski definition) is 2. The second-order valence-electron chi connectivity index (χ2n) is 11.1. The summed E-state index contributed by atoms with van der Waals surface area (Å²) in [6.45, 7) is 7.37. The molecule has 162 valence electrons. The van der Waals surface area contributed by atoms with E-state index < -0.39 is 5.97 Å². The lowest BCUT2D eigenvalue weighted by molar-refractivity contribution is -0.137. The Morgan fingerprint density at radius 1 is 1.17 bits per heavy atom. The largest absolute Gasteiger partial charge is 0.481 e. The van der Waals surface area contributed by atoms with Crippen LogP contribution >= 0.6 is 0 Å². The molecule has 0 unspecified atom stereocenters. The van der Waals surface area contributed by atoms with Gasteiger partial charge in [-0.15, -0.1) is 0 Å². The Morgan fingerprint density at radius 2 is 1.97 bits per heavy atom. The Hall–Kier alpha value is -1.09. The van der Waals surface area contributed by atoms with Crippen LogP contribution in [0.15, 0.2) is 23.3 Å². The van der Waals surface area contributed by atoms with E-state index in [1.54, 1.807) is 5.57 Å². The number of allylic oxidation sites excluding steroid dienone is 3. The third kappa shape index (κ3) is 3.62. The third-order valence-corrected chi connectivity index (χ3v) is 9.69. The zero-order valence-corrected chi connectivity index (χ0v) is 18.6. The first kappa shape index (κ1) is 21.2. The molecule has 3 heteroatoms. The van der Waals surface area contributed by atoms with Gasteiger partial charge in [0.25, 0.3) is 0 Å². The Balaban J connectivity index is 1.50. The lowest BCUT2D eigenvalue weighted by Gasteiger charge is -2.58. The summed E-state index contributed by atoms with van der Waals surface area (Å²) in [7, 11) is 0. The van der Waals surface area contributed by atoms with Gasteiger partial charge >= 0.3 is 5.97 Å². The van der Waals surface area contributed by atoms with E-state index in [1.165, 1.54) is 37.7 Å². The normalized spacial score (nSPS) is 44.5. The fraction of sp³-hybridized carbons (Fsp3) is 0.808. The molecule has 0 aromatic rings. The molecule has 0 aromatic heterocycles. The molecule has 0 aromatic carbocycles.